The molecule has 50 valence electrons. The third-order valence-corrected chi connectivity index (χ3v) is 1.65. The molecule has 0 fully saturated rings. The molecular weight excluding hydrogens is 124 g/mol. The summed E-state index contributed by atoms with van der Waals surface area (Å²) in [5.41, 5.74) is 3.57. The Bertz CT molecular complexity index is 289. The lowest BCUT2D eigenvalue weighted by molar-refractivity contribution is 1.04. The summed E-state index contributed by atoms with van der Waals surface area (Å²) in [4.78, 5) is 0. The second-order valence-corrected chi connectivity index (χ2v) is 2.53. The molecule has 0 saturated carbocycles. The van der Waals surface area contributed by atoms with Crippen LogP contribution in [0.4, 0.5) is 5.69 Å². The summed E-state index contributed by atoms with van der Waals surface area (Å²) in [6.45, 7) is 2.84. The van der Waals surface area contributed by atoms with E-state index in [0.29, 0.717) is 0 Å². The Labute approximate surface area is 59.6 Å². The predicted molar refractivity (Wildman–Crippen MR) is 39.4 cm³/mol. The number of benzene rings is 1. The SMILES string of the molecule is Cc1ccc2c(c1)CN=N2. The van der Waals surface area contributed by atoms with Gasteiger partial charge in [0.2, 0.25) is 0 Å². The van der Waals surface area contributed by atoms with Gasteiger partial charge in [0, 0.05) is 5.56 Å². The molecule has 1 heterocycles. The van der Waals surface area contributed by atoms with Crippen LogP contribution in [0.3, 0.4) is 0 Å². The predicted octanol–water partition coefficient (Wildman–Crippen LogP) is 2.59. The molecule has 0 atom stereocenters. The third-order valence-electron chi connectivity index (χ3n) is 1.65. The summed E-state index contributed by atoms with van der Waals surface area (Å²) in [7, 11) is 0. The van der Waals surface area contributed by atoms with Crippen LogP contribution >= 0.6 is 0 Å². The lowest BCUT2D eigenvalue weighted by Crippen LogP contribution is -1.77. The van der Waals surface area contributed by atoms with Gasteiger partial charge in [-0.1, -0.05) is 17.7 Å². The molecule has 10 heavy (non-hydrogen) atoms. The molecule has 0 N–H and O–H groups in total. The standard InChI is InChI=1S/C8H8N2/c1-6-2-3-8-7(4-6)5-9-10-8/h2-4H,5H2,1H3. The molecule has 0 aliphatic carbocycles. The maximum atomic E-state index is 3.97. The number of rotatable bonds is 0. The normalized spacial score (nSPS) is 13.7. The average molecular weight is 132 g/mol. The molecule has 0 amide bonds. The van der Waals surface area contributed by atoms with E-state index >= 15 is 0 Å². The smallest absolute Gasteiger partial charge is 0.0904 e. The van der Waals surface area contributed by atoms with E-state index in [1.807, 2.05) is 6.07 Å². The van der Waals surface area contributed by atoms with E-state index in [0.717, 1.165) is 12.2 Å². The van der Waals surface area contributed by atoms with Crippen LogP contribution in [0.2, 0.25) is 0 Å². The van der Waals surface area contributed by atoms with Gasteiger partial charge in [-0.3, -0.25) is 0 Å². The number of azo groups is 1. The monoisotopic (exact) mass is 132 g/mol. The Balaban J connectivity index is 2.59. The topological polar surface area (TPSA) is 24.7 Å². The van der Waals surface area contributed by atoms with Crippen molar-refractivity contribution in [3.63, 3.8) is 0 Å². The van der Waals surface area contributed by atoms with Crippen molar-refractivity contribution in [2.75, 3.05) is 0 Å². The molecule has 1 aromatic rings. The van der Waals surface area contributed by atoms with Crippen LogP contribution in [-0.4, -0.2) is 0 Å². The Hall–Kier alpha value is -1.18. The van der Waals surface area contributed by atoms with Crippen LogP contribution in [0.15, 0.2) is 28.4 Å². The first kappa shape index (κ1) is 5.59. The van der Waals surface area contributed by atoms with Gasteiger partial charge in [-0.15, -0.1) is 0 Å². The highest BCUT2D eigenvalue weighted by Gasteiger charge is 2.05. The third kappa shape index (κ3) is 0.727. The Morgan fingerprint density at radius 2 is 2.30 bits per heavy atom. The van der Waals surface area contributed by atoms with Gasteiger partial charge < -0.3 is 0 Å². The van der Waals surface area contributed by atoms with Crippen molar-refractivity contribution < 1.29 is 0 Å². The highest BCUT2D eigenvalue weighted by atomic mass is 15.1. The quantitative estimate of drug-likeness (QED) is 0.518. The van der Waals surface area contributed by atoms with Crippen molar-refractivity contribution in [2.45, 2.75) is 13.5 Å². The molecule has 1 aliphatic rings. The molecular formula is C8H8N2. The Morgan fingerprint density at radius 3 is 3.20 bits per heavy atom. The number of aryl methyl sites for hydroxylation is 1. The van der Waals surface area contributed by atoms with Gasteiger partial charge in [0.1, 0.15) is 0 Å². The summed E-state index contributed by atoms with van der Waals surface area (Å²) in [6, 6.07) is 6.21. The van der Waals surface area contributed by atoms with Crippen molar-refractivity contribution in [2.24, 2.45) is 10.2 Å². The molecule has 0 bridgehead atoms. The molecule has 0 saturated heterocycles. The second kappa shape index (κ2) is 1.90. The number of hydrogen-bond donors (Lipinski definition) is 0. The van der Waals surface area contributed by atoms with Crippen molar-refractivity contribution in [3.8, 4) is 0 Å². The Morgan fingerprint density at radius 1 is 1.40 bits per heavy atom. The summed E-state index contributed by atoms with van der Waals surface area (Å²) in [6.07, 6.45) is 0. The van der Waals surface area contributed by atoms with Crippen molar-refractivity contribution in [1.29, 1.82) is 0 Å². The van der Waals surface area contributed by atoms with E-state index in [1.165, 1.54) is 11.1 Å². The maximum absolute atomic E-state index is 3.97. The lowest BCUT2D eigenvalue weighted by Gasteiger charge is -1.94. The average Bonchev–Trinajstić information content (AvgIpc) is 2.33. The van der Waals surface area contributed by atoms with Crippen LogP contribution in [0.25, 0.3) is 0 Å². The van der Waals surface area contributed by atoms with Gasteiger partial charge in [0.05, 0.1) is 12.2 Å². The molecule has 0 unspecified atom stereocenters. The van der Waals surface area contributed by atoms with Crippen LogP contribution in [-0.2, 0) is 6.54 Å². The number of hydrogen-bond acceptors (Lipinski definition) is 2. The summed E-state index contributed by atoms with van der Waals surface area (Å²) < 4.78 is 0. The molecule has 1 aromatic carbocycles. The lowest BCUT2D eigenvalue weighted by atomic mass is 10.1. The largest absolute Gasteiger partial charge is 0.184 e. The van der Waals surface area contributed by atoms with E-state index in [9.17, 15) is 0 Å². The maximum Gasteiger partial charge on any atom is 0.0904 e. The van der Waals surface area contributed by atoms with Crippen molar-refractivity contribution in [3.05, 3.63) is 29.3 Å². The first-order valence-electron chi connectivity index (χ1n) is 3.33. The van der Waals surface area contributed by atoms with Gasteiger partial charge in [-0.05, 0) is 13.0 Å². The van der Waals surface area contributed by atoms with Gasteiger partial charge in [0.25, 0.3) is 0 Å². The second-order valence-electron chi connectivity index (χ2n) is 2.53. The molecule has 0 spiro atoms. The first-order chi connectivity index (χ1) is 4.86. The fourth-order valence-corrected chi connectivity index (χ4v) is 1.13. The zero-order valence-electron chi connectivity index (χ0n) is 5.83. The van der Waals surface area contributed by atoms with E-state index < -0.39 is 0 Å². The van der Waals surface area contributed by atoms with Crippen LogP contribution in [0.1, 0.15) is 11.1 Å². The van der Waals surface area contributed by atoms with Crippen LogP contribution in [0, 0.1) is 6.92 Å². The molecule has 2 rings (SSSR count). The Kier molecular flexibility index (Phi) is 1.07. The van der Waals surface area contributed by atoms with E-state index in [-0.39, 0.29) is 0 Å². The van der Waals surface area contributed by atoms with E-state index in [2.05, 4.69) is 29.3 Å². The van der Waals surface area contributed by atoms with Crippen LogP contribution < -0.4 is 0 Å². The minimum absolute atomic E-state index is 0.761. The highest BCUT2D eigenvalue weighted by Crippen LogP contribution is 2.26. The molecule has 0 radical (unpaired) electrons. The van der Waals surface area contributed by atoms with Gasteiger partial charge in [0.15, 0.2) is 0 Å². The van der Waals surface area contributed by atoms with Crippen LogP contribution in [0.5, 0.6) is 0 Å². The van der Waals surface area contributed by atoms with Gasteiger partial charge in [-0.2, -0.15) is 10.2 Å². The number of fused-ring (bicyclic) bond motifs is 1. The van der Waals surface area contributed by atoms with Crippen molar-refractivity contribution >= 4 is 5.69 Å². The van der Waals surface area contributed by atoms with Gasteiger partial charge >= 0.3 is 0 Å². The fraction of sp³-hybridized carbons (Fsp3) is 0.250. The molecule has 0 aromatic heterocycles. The number of nitrogens with zero attached hydrogens (tertiary/aromatic N) is 2. The van der Waals surface area contributed by atoms with Crippen molar-refractivity contribution in [1.82, 2.24) is 0 Å². The minimum atomic E-state index is 0.761. The first-order valence-corrected chi connectivity index (χ1v) is 3.33. The van der Waals surface area contributed by atoms with E-state index in [1.54, 1.807) is 0 Å². The summed E-state index contributed by atoms with van der Waals surface area (Å²) in [5, 5.41) is 7.88. The highest BCUT2D eigenvalue weighted by molar-refractivity contribution is 5.48. The van der Waals surface area contributed by atoms with Gasteiger partial charge in [-0.25, -0.2) is 0 Å². The molecule has 2 nitrogen and oxygen atoms in total. The molecule has 1 aliphatic heterocycles. The fourth-order valence-electron chi connectivity index (χ4n) is 1.13. The van der Waals surface area contributed by atoms with E-state index in [4.69, 9.17) is 0 Å². The molecule has 2 heteroatoms. The minimum Gasteiger partial charge on any atom is -0.184 e. The zero-order chi connectivity index (χ0) is 6.97. The summed E-state index contributed by atoms with van der Waals surface area (Å²) >= 11 is 0. The zero-order valence-corrected chi connectivity index (χ0v) is 5.83. The summed E-state index contributed by atoms with van der Waals surface area (Å²) in [5.74, 6) is 0.